The van der Waals surface area contributed by atoms with Gasteiger partial charge >= 0.3 is 0 Å². The van der Waals surface area contributed by atoms with Crippen LogP contribution in [0.5, 0.6) is 0 Å². The lowest BCUT2D eigenvalue weighted by Gasteiger charge is -2.31. The zero-order valence-corrected chi connectivity index (χ0v) is 16.4. The molecule has 4 heterocycles. The van der Waals surface area contributed by atoms with E-state index in [1.807, 2.05) is 11.6 Å². The highest BCUT2D eigenvalue weighted by Gasteiger charge is 2.31. The molecular formula is C20H24N6O2. The van der Waals surface area contributed by atoms with Crippen LogP contribution in [-0.2, 0) is 7.05 Å². The minimum Gasteiger partial charge on any atom is -0.338 e. The minimum atomic E-state index is -0.226. The smallest absolute Gasteiger partial charge is 0.255 e. The molecule has 0 spiro atoms. The lowest BCUT2D eigenvalue weighted by Crippen LogP contribution is -2.42. The number of Topliss-reactive ketones (excluding diaryl/α,β-unsaturated/α-hetero) is 1. The Morgan fingerprint density at radius 3 is 2.75 bits per heavy atom. The van der Waals surface area contributed by atoms with Crippen molar-refractivity contribution in [3.63, 3.8) is 0 Å². The van der Waals surface area contributed by atoms with Crippen molar-refractivity contribution in [3.8, 4) is 0 Å². The maximum atomic E-state index is 13.0. The number of hydrogen-bond donors (Lipinski definition) is 0. The van der Waals surface area contributed by atoms with Crippen LogP contribution < -0.4 is 0 Å². The van der Waals surface area contributed by atoms with Gasteiger partial charge in [-0.15, -0.1) is 0 Å². The molecule has 0 N–H and O–H groups in total. The quantitative estimate of drug-likeness (QED) is 0.649. The lowest BCUT2D eigenvalue weighted by molar-refractivity contribution is 0.0632. The van der Waals surface area contributed by atoms with Crippen molar-refractivity contribution in [3.05, 3.63) is 42.4 Å². The van der Waals surface area contributed by atoms with Crippen LogP contribution in [0.3, 0.4) is 0 Å². The normalized spacial score (nSPS) is 17.4. The van der Waals surface area contributed by atoms with E-state index in [2.05, 4.69) is 28.8 Å². The molecule has 28 heavy (non-hydrogen) atoms. The Kier molecular flexibility index (Phi) is 4.70. The minimum absolute atomic E-state index is 0.00532. The molecule has 4 rings (SSSR count). The number of likely N-dealkylation sites (tertiary alicyclic amines) is 1. The van der Waals surface area contributed by atoms with Crippen LogP contribution in [0.4, 0.5) is 0 Å². The van der Waals surface area contributed by atoms with E-state index in [0.717, 1.165) is 18.5 Å². The van der Waals surface area contributed by atoms with E-state index >= 15 is 0 Å². The van der Waals surface area contributed by atoms with Crippen molar-refractivity contribution in [2.24, 2.45) is 13.0 Å². The van der Waals surface area contributed by atoms with Gasteiger partial charge in [0.15, 0.2) is 11.5 Å². The predicted molar refractivity (Wildman–Crippen MR) is 104 cm³/mol. The summed E-state index contributed by atoms with van der Waals surface area (Å²) < 4.78 is 3.71. The maximum Gasteiger partial charge on any atom is 0.255 e. The Hall–Kier alpha value is -3.03. The van der Waals surface area contributed by atoms with Crippen molar-refractivity contribution in [2.45, 2.75) is 32.7 Å². The van der Waals surface area contributed by atoms with E-state index < -0.39 is 0 Å². The summed E-state index contributed by atoms with van der Waals surface area (Å²) in [5.74, 6) is 0.109. The van der Waals surface area contributed by atoms with Gasteiger partial charge in [0.1, 0.15) is 5.52 Å². The van der Waals surface area contributed by atoms with E-state index in [1.165, 1.54) is 0 Å². The number of carbonyl (C=O) groups excluding carboxylic acids is 2. The largest absolute Gasteiger partial charge is 0.338 e. The van der Waals surface area contributed by atoms with E-state index in [-0.39, 0.29) is 23.7 Å². The second kappa shape index (κ2) is 7.18. The Morgan fingerprint density at radius 1 is 1.21 bits per heavy atom. The fourth-order valence-electron chi connectivity index (χ4n) is 3.76. The lowest BCUT2D eigenvalue weighted by atomic mass is 9.93. The molecule has 1 saturated heterocycles. The van der Waals surface area contributed by atoms with Gasteiger partial charge in [-0.2, -0.15) is 0 Å². The SMILES string of the molecule is CC(C)n1cnc2cc(C(=O)N3CCCC(C(=O)c4nccn4C)C3)cnc21. The average Bonchev–Trinajstić information content (AvgIpc) is 3.32. The first kappa shape index (κ1) is 18.3. The molecular weight excluding hydrogens is 356 g/mol. The molecule has 8 nitrogen and oxygen atoms in total. The molecule has 1 unspecified atom stereocenters. The van der Waals surface area contributed by atoms with Gasteiger partial charge in [0.2, 0.25) is 5.78 Å². The summed E-state index contributed by atoms with van der Waals surface area (Å²) in [6.07, 6.45) is 8.30. The third-order valence-corrected chi connectivity index (χ3v) is 5.34. The fraction of sp³-hybridized carbons (Fsp3) is 0.450. The summed E-state index contributed by atoms with van der Waals surface area (Å²) in [5, 5.41) is 0. The molecule has 0 aromatic carbocycles. The van der Waals surface area contributed by atoms with E-state index in [4.69, 9.17) is 0 Å². The summed E-state index contributed by atoms with van der Waals surface area (Å²) in [6.45, 7) is 5.17. The van der Waals surface area contributed by atoms with E-state index in [0.29, 0.717) is 30.0 Å². The van der Waals surface area contributed by atoms with Gasteiger partial charge in [0.05, 0.1) is 11.9 Å². The Bertz CT molecular complexity index is 1030. The number of aromatic nitrogens is 5. The Balaban J connectivity index is 1.53. The molecule has 3 aromatic heterocycles. The Labute approximate surface area is 163 Å². The summed E-state index contributed by atoms with van der Waals surface area (Å²) in [4.78, 5) is 40.5. The summed E-state index contributed by atoms with van der Waals surface area (Å²) in [5.41, 5.74) is 1.98. The number of rotatable bonds is 4. The van der Waals surface area contributed by atoms with Crippen LogP contribution in [-0.4, -0.2) is 53.8 Å². The van der Waals surface area contributed by atoms with Gasteiger partial charge in [-0.3, -0.25) is 9.59 Å². The van der Waals surface area contributed by atoms with Gasteiger partial charge in [-0.1, -0.05) is 0 Å². The summed E-state index contributed by atoms with van der Waals surface area (Å²) >= 11 is 0. The maximum absolute atomic E-state index is 13.0. The summed E-state index contributed by atoms with van der Waals surface area (Å²) in [6, 6.07) is 2.03. The van der Waals surface area contributed by atoms with Crippen molar-refractivity contribution in [2.75, 3.05) is 13.1 Å². The van der Waals surface area contributed by atoms with Gasteiger partial charge in [0.25, 0.3) is 5.91 Å². The molecule has 0 saturated carbocycles. The third kappa shape index (κ3) is 3.19. The van der Waals surface area contributed by atoms with Crippen LogP contribution in [0.25, 0.3) is 11.2 Å². The standard InChI is InChI=1S/C20H24N6O2/c1-13(2)26-12-23-16-9-15(10-22-18(16)26)20(28)25-7-4-5-14(11-25)17(27)19-21-6-8-24(19)3/h6,8-10,12-14H,4-5,7,11H2,1-3H3. The van der Waals surface area contributed by atoms with Crippen molar-refractivity contribution < 1.29 is 9.59 Å². The van der Waals surface area contributed by atoms with Gasteiger partial charge in [0, 0.05) is 50.7 Å². The number of ketones is 1. The van der Waals surface area contributed by atoms with E-state index in [1.54, 1.807) is 40.5 Å². The molecule has 1 aliphatic heterocycles. The molecule has 0 radical (unpaired) electrons. The summed E-state index contributed by atoms with van der Waals surface area (Å²) in [7, 11) is 1.81. The first-order valence-electron chi connectivity index (χ1n) is 9.59. The van der Waals surface area contributed by atoms with Crippen LogP contribution in [0, 0.1) is 5.92 Å². The van der Waals surface area contributed by atoms with Crippen LogP contribution in [0.2, 0.25) is 0 Å². The average molecular weight is 380 g/mol. The molecule has 8 heteroatoms. The zero-order chi connectivity index (χ0) is 19.8. The second-order valence-corrected chi connectivity index (χ2v) is 7.63. The number of imidazole rings is 2. The number of aryl methyl sites for hydroxylation is 1. The number of pyridine rings is 1. The van der Waals surface area contributed by atoms with E-state index in [9.17, 15) is 9.59 Å². The fourth-order valence-corrected chi connectivity index (χ4v) is 3.76. The molecule has 0 bridgehead atoms. The van der Waals surface area contributed by atoms with Gasteiger partial charge < -0.3 is 14.0 Å². The number of nitrogens with zero attached hydrogens (tertiary/aromatic N) is 6. The molecule has 1 amide bonds. The molecule has 1 fully saturated rings. The van der Waals surface area contributed by atoms with Gasteiger partial charge in [-0.25, -0.2) is 15.0 Å². The number of piperidine rings is 1. The molecule has 1 aliphatic rings. The van der Waals surface area contributed by atoms with Crippen LogP contribution in [0.1, 0.15) is 53.7 Å². The zero-order valence-electron chi connectivity index (χ0n) is 16.4. The first-order chi connectivity index (χ1) is 13.5. The highest BCUT2D eigenvalue weighted by atomic mass is 16.2. The molecule has 3 aromatic rings. The van der Waals surface area contributed by atoms with Crippen molar-refractivity contribution in [1.29, 1.82) is 0 Å². The van der Waals surface area contributed by atoms with Crippen molar-refractivity contribution >= 4 is 22.9 Å². The second-order valence-electron chi connectivity index (χ2n) is 7.63. The Morgan fingerprint density at radius 2 is 2.04 bits per heavy atom. The topological polar surface area (TPSA) is 85.9 Å². The highest BCUT2D eigenvalue weighted by Crippen LogP contribution is 2.23. The van der Waals surface area contributed by atoms with Crippen molar-refractivity contribution in [1.82, 2.24) is 29.0 Å². The number of amides is 1. The number of carbonyl (C=O) groups is 2. The predicted octanol–water partition coefficient (Wildman–Crippen LogP) is 2.48. The molecule has 1 atom stereocenters. The van der Waals surface area contributed by atoms with Gasteiger partial charge in [-0.05, 0) is 32.8 Å². The van der Waals surface area contributed by atoms with Crippen LogP contribution >= 0.6 is 0 Å². The molecule has 146 valence electrons. The highest BCUT2D eigenvalue weighted by molar-refractivity contribution is 5.98. The first-order valence-corrected chi connectivity index (χ1v) is 9.59. The third-order valence-electron chi connectivity index (χ3n) is 5.34. The monoisotopic (exact) mass is 380 g/mol. The number of hydrogen-bond acceptors (Lipinski definition) is 5. The molecule has 0 aliphatic carbocycles. The number of fused-ring (bicyclic) bond motifs is 1. The van der Waals surface area contributed by atoms with Crippen LogP contribution in [0.15, 0.2) is 31.0 Å².